The number of hydrogen-bond donors (Lipinski definition) is 2. The number of amides is 1. The first-order chi connectivity index (χ1) is 11.6. The highest BCUT2D eigenvalue weighted by atomic mass is 32.2. The van der Waals surface area contributed by atoms with Crippen LogP contribution >= 0.6 is 11.8 Å². The van der Waals surface area contributed by atoms with Crippen molar-refractivity contribution in [1.82, 2.24) is 20.2 Å². The molecule has 0 spiro atoms. The molecule has 122 valence electrons. The first kappa shape index (κ1) is 16.2. The van der Waals surface area contributed by atoms with E-state index in [1.807, 2.05) is 50.2 Å². The van der Waals surface area contributed by atoms with Gasteiger partial charge in [0.05, 0.1) is 5.75 Å². The second-order valence-electron chi connectivity index (χ2n) is 5.39. The highest BCUT2D eigenvalue weighted by Crippen LogP contribution is 2.19. The van der Waals surface area contributed by atoms with Gasteiger partial charge in [-0.05, 0) is 31.5 Å². The lowest BCUT2D eigenvalue weighted by Gasteiger charge is -2.03. The van der Waals surface area contributed by atoms with Crippen molar-refractivity contribution >= 4 is 23.5 Å². The van der Waals surface area contributed by atoms with Gasteiger partial charge in [-0.25, -0.2) is 9.97 Å². The Morgan fingerprint density at radius 1 is 1.17 bits per heavy atom. The van der Waals surface area contributed by atoms with E-state index in [4.69, 9.17) is 0 Å². The minimum atomic E-state index is -0.139. The summed E-state index contributed by atoms with van der Waals surface area (Å²) in [4.78, 5) is 20.5. The number of aromatic nitrogens is 4. The maximum atomic E-state index is 12.0. The van der Waals surface area contributed by atoms with Crippen molar-refractivity contribution in [3.63, 3.8) is 0 Å². The third-order valence-electron chi connectivity index (χ3n) is 3.31. The molecule has 1 aromatic carbocycles. The molecular weight excluding hydrogens is 322 g/mol. The van der Waals surface area contributed by atoms with Crippen LogP contribution in [0.5, 0.6) is 0 Å². The summed E-state index contributed by atoms with van der Waals surface area (Å²) in [7, 11) is 0. The van der Waals surface area contributed by atoms with Crippen LogP contribution < -0.4 is 5.32 Å². The second kappa shape index (κ2) is 7.27. The van der Waals surface area contributed by atoms with Gasteiger partial charge in [0, 0.05) is 11.8 Å². The summed E-state index contributed by atoms with van der Waals surface area (Å²) in [5.74, 6) is 1.33. The van der Waals surface area contributed by atoms with Crippen LogP contribution in [-0.4, -0.2) is 31.8 Å². The third kappa shape index (κ3) is 4.20. The number of pyridine rings is 1. The highest BCUT2D eigenvalue weighted by Gasteiger charge is 2.09. The Labute approximate surface area is 144 Å². The summed E-state index contributed by atoms with van der Waals surface area (Å²) in [6, 6.07) is 11.7. The van der Waals surface area contributed by atoms with Crippen LogP contribution in [0.4, 0.5) is 5.82 Å². The van der Waals surface area contributed by atoms with Crippen LogP contribution in [0, 0.1) is 13.8 Å². The maximum Gasteiger partial charge on any atom is 0.236 e. The molecule has 0 saturated carbocycles. The Bertz CT molecular complexity index is 844. The number of thioether (sulfide) groups is 1. The molecule has 24 heavy (non-hydrogen) atoms. The van der Waals surface area contributed by atoms with Gasteiger partial charge in [0.15, 0.2) is 5.82 Å². The number of aromatic amines is 1. The lowest BCUT2D eigenvalue weighted by Crippen LogP contribution is -2.15. The van der Waals surface area contributed by atoms with Crippen LogP contribution in [0.2, 0.25) is 0 Å². The number of nitrogens with zero attached hydrogens (tertiary/aromatic N) is 3. The molecule has 0 saturated heterocycles. The molecule has 7 heteroatoms. The summed E-state index contributed by atoms with van der Waals surface area (Å²) in [5.41, 5.74) is 3.20. The predicted octanol–water partition coefficient (Wildman–Crippen LogP) is 3.21. The Balaban J connectivity index is 1.57. The molecule has 0 bridgehead atoms. The van der Waals surface area contributed by atoms with Gasteiger partial charge in [-0.1, -0.05) is 41.6 Å². The quantitative estimate of drug-likeness (QED) is 0.697. The first-order valence-electron chi connectivity index (χ1n) is 7.45. The SMILES string of the molecule is Cc1ccc(-c2nc(SCC(=O)Nc3cc(C)ccn3)n[nH]2)cc1. The van der Waals surface area contributed by atoms with E-state index < -0.39 is 0 Å². The van der Waals surface area contributed by atoms with Crippen LogP contribution in [0.3, 0.4) is 0 Å². The monoisotopic (exact) mass is 339 g/mol. The zero-order valence-electron chi connectivity index (χ0n) is 13.4. The topological polar surface area (TPSA) is 83.6 Å². The van der Waals surface area contributed by atoms with Crippen molar-refractivity contribution in [3.05, 3.63) is 53.7 Å². The molecular formula is C17H17N5OS. The van der Waals surface area contributed by atoms with E-state index in [-0.39, 0.29) is 11.7 Å². The van der Waals surface area contributed by atoms with Crippen molar-refractivity contribution in [3.8, 4) is 11.4 Å². The molecule has 0 radical (unpaired) electrons. The number of hydrogen-bond acceptors (Lipinski definition) is 5. The summed E-state index contributed by atoms with van der Waals surface area (Å²) in [5, 5.41) is 10.3. The van der Waals surface area contributed by atoms with Gasteiger partial charge in [-0.15, -0.1) is 5.10 Å². The van der Waals surface area contributed by atoms with Crippen LogP contribution in [0.25, 0.3) is 11.4 Å². The van der Waals surface area contributed by atoms with Crippen LogP contribution in [-0.2, 0) is 4.79 Å². The Kier molecular flexibility index (Phi) is 4.90. The van der Waals surface area contributed by atoms with E-state index in [9.17, 15) is 4.79 Å². The zero-order chi connectivity index (χ0) is 16.9. The number of carbonyl (C=O) groups is 1. The summed E-state index contributed by atoms with van der Waals surface area (Å²) in [6.45, 7) is 3.99. The third-order valence-corrected chi connectivity index (χ3v) is 4.15. The fourth-order valence-electron chi connectivity index (χ4n) is 2.07. The van der Waals surface area contributed by atoms with Crippen molar-refractivity contribution in [1.29, 1.82) is 0 Å². The van der Waals surface area contributed by atoms with E-state index in [2.05, 4.69) is 25.5 Å². The second-order valence-corrected chi connectivity index (χ2v) is 6.33. The van der Waals surface area contributed by atoms with E-state index in [1.54, 1.807) is 6.20 Å². The average molecular weight is 339 g/mol. The molecule has 1 amide bonds. The first-order valence-corrected chi connectivity index (χ1v) is 8.43. The fraction of sp³-hybridized carbons (Fsp3) is 0.176. The Morgan fingerprint density at radius 3 is 2.71 bits per heavy atom. The lowest BCUT2D eigenvalue weighted by atomic mass is 10.1. The number of benzene rings is 1. The van der Waals surface area contributed by atoms with Gasteiger partial charge < -0.3 is 5.32 Å². The number of carbonyl (C=O) groups excluding carboxylic acids is 1. The molecule has 6 nitrogen and oxygen atoms in total. The molecule has 0 unspecified atom stereocenters. The van der Waals surface area contributed by atoms with Crippen molar-refractivity contribution in [2.45, 2.75) is 19.0 Å². The molecule has 2 aromatic heterocycles. The van der Waals surface area contributed by atoms with Crippen LogP contribution in [0.1, 0.15) is 11.1 Å². The maximum absolute atomic E-state index is 12.0. The normalized spacial score (nSPS) is 10.6. The van der Waals surface area contributed by atoms with E-state index in [0.717, 1.165) is 11.1 Å². The summed E-state index contributed by atoms with van der Waals surface area (Å²) < 4.78 is 0. The van der Waals surface area contributed by atoms with Crippen molar-refractivity contribution in [2.24, 2.45) is 0 Å². The van der Waals surface area contributed by atoms with Gasteiger partial charge in [-0.3, -0.25) is 9.89 Å². The standard InChI is InChI=1S/C17H17N5OS/c1-11-3-5-13(6-4-11)16-20-17(22-21-16)24-10-15(23)19-14-9-12(2)7-8-18-14/h3-9H,10H2,1-2H3,(H,18,19,23)(H,20,21,22). The average Bonchev–Trinajstić information content (AvgIpc) is 3.03. The molecule has 0 atom stereocenters. The smallest absolute Gasteiger partial charge is 0.236 e. The van der Waals surface area contributed by atoms with Gasteiger partial charge in [0.2, 0.25) is 11.1 Å². The van der Waals surface area contributed by atoms with Crippen molar-refractivity contribution in [2.75, 3.05) is 11.1 Å². The zero-order valence-corrected chi connectivity index (χ0v) is 14.2. The molecule has 2 heterocycles. The highest BCUT2D eigenvalue weighted by molar-refractivity contribution is 7.99. The Morgan fingerprint density at radius 2 is 1.96 bits per heavy atom. The Hall–Kier alpha value is -2.67. The number of aryl methyl sites for hydroxylation is 2. The predicted molar refractivity (Wildman–Crippen MR) is 94.9 cm³/mol. The fourth-order valence-corrected chi connectivity index (χ4v) is 2.66. The molecule has 0 fully saturated rings. The number of H-pyrrole nitrogens is 1. The van der Waals surface area contributed by atoms with E-state index in [0.29, 0.717) is 16.8 Å². The number of nitrogens with one attached hydrogen (secondary N) is 2. The molecule has 0 aliphatic rings. The van der Waals surface area contributed by atoms with E-state index >= 15 is 0 Å². The largest absolute Gasteiger partial charge is 0.310 e. The van der Waals surface area contributed by atoms with Gasteiger partial charge in [0.25, 0.3) is 0 Å². The van der Waals surface area contributed by atoms with Gasteiger partial charge in [0.1, 0.15) is 5.82 Å². The minimum Gasteiger partial charge on any atom is -0.310 e. The van der Waals surface area contributed by atoms with Gasteiger partial charge in [-0.2, -0.15) is 0 Å². The molecule has 3 rings (SSSR count). The minimum absolute atomic E-state index is 0.139. The van der Waals surface area contributed by atoms with Crippen LogP contribution in [0.15, 0.2) is 47.8 Å². The van der Waals surface area contributed by atoms with Crippen molar-refractivity contribution < 1.29 is 4.79 Å². The molecule has 2 N–H and O–H groups in total. The number of rotatable bonds is 5. The lowest BCUT2D eigenvalue weighted by molar-refractivity contribution is -0.113. The molecule has 3 aromatic rings. The summed E-state index contributed by atoms with van der Waals surface area (Å²) >= 11 is 1.28. The molecule has 0 aliphatic heterocycles. The van der Waals surface area contributed by atoms with E-state index in [1.165, 1.54) is 17.3 Å². The summed E-state index contributed by atoms with van der Waals surface area (Å²) in [6.07, 6.45) is 1.67. The molecule has 0 aliphatic carbocycles. The van der Waals surface area contributed by atoms with Gasteiger partial charge >= 0.3 is 0 Å². The number of anilines is 1.